The number of H-pyrrole nitrogens is 1. The van der Waals surface area contributed by atoms with Crippen molar-refractivity contribution in [3.05, 3.63) is 53.9 Å². The van der Waals surface area contributed by atoms with Crippen molar-refractivity contribution >= 4 is 11.0 Å². The maximum absolute atomic E-state index is 9.22. The molecule has 3 rings (SSSR count). The van der Waals surface area contributed by atoms with E-state index in [9.17, 15) is 5.26 Å². The second kappa shape index (κ2) is 5.39. The summed E-state index contributed by atoms with van der Waals surface area (Å²) in [5, 5.41) is 9.22. The number of nitriles is 1. The third-order valence-electron chi connectivity index (χ3n) is 3.36. The van der Waals surface area contributed by atoms with Gasteiger partial charge in [0.2, 0.25) is 0 Å². The van der Waals surface area contributed by atoms with E-state index in [4.69, 9.17) is 0 Å². The van der Waals surface area contributed by atoms with Crippen molar-refractivity contribution in [3.63, 3.8) is 0 Å². The number of fused-ring (bicyclic) bond motifs is 1. The monoisotopic (exact) mass is 276 g/mol. The van der Waals surface area contributed by atoms with Gasteiger partial charge in [-0.15, -0.1) is 0 Å². The number of nitrogens with zero attached hydrogens (tertiary/aromatic N) is 3. The Balaban J connectivity index is 2.07. The molecule has 2 aromatic carbocycles. The van der Waals surface area contributed by atoms with Crippen LogP contribution in [0.1, 0.15) is 11.4 Å². The molecule has 1 aromatic heterocycles. The summed E-state index contributed by atoms with van der Waals surface area (Å²) < 4.78 is 0. The molecule has 4 heteroatoms. The quantitative estimate of drug-likeness (QED) is 0.799. The lowest BCUT2D eigenvalue weighted by atomic mass is 10.0. The normalized spacial score (nSPS) is 11.0. The number of rotatable bonds is 3. The van der Waals surface area contributed by atoms with Gasteiger partial charge in [-0.1, -0.05) is 24.3 Å². The topological polar surface area (TPSA) is 55.7 Å². The van der Waals surface area contributed by atoms with E-state index in [1.807, 2.05) is 56.6 Å². The molecule has 0 radical (unpaired) electrons. The Kier molecular flexibility index (Phi) is 3.43. The lowest BCUT2D eigenvalue weighted by molar-refractivity contribution is 0.392. The standard InChI is InChI=1S/C17H16N4/c1-21(2)11-17-19-15-8-7-12(9-16(15)20-17)14-6-4-3-5-13(14)10-18/h3-9H,11H2,1-2H3,(H,19,20). The third-order valence-corrected chi connectivity index (χ3v) is 3.36. The van der Waals surface area contributed by atoms with Gasteiger partial charge >= 0.3 is 0 Å². The van der Waals surface area contributed by atoms with Gasteiger partial charge in [0.05, 0.1) is 29.2 Å². The fourth-order valence-corrected chi connectivity index (χ4v) is 2.43. The molecule has 0 atom stereocenters. The number of nitrogens with one attached hydrogen (secondary N) is 1. The van der Waals surface area contributed by atoms with E-state index in [1.54, 1.807) is 0 Å². The second-order valence-electron chi connectivity index (χ2n) is 5.31. The van der Waals surface area contributed by atoms with Crippen molar-refractivity contribution in [1.29, 1.82) is 5.26 Å². The van der Waals surface area contributed by atoms with Gasteiger partial charge in [-0.05, 0) is 43.4 Å². The summed E-state index contributed by atoms with van der Waals surface area (Å²) in [4.78, 5) is 10.0. The molecule has 0 aliphatic heterocycles. The minimum atomic E-state index is 0.681. The van der Waals surface area contributed by atoms with Crippen LogP contribution < -0.4 is 0 Å². The van der Waals surface area contributed by atoms with Crippen LogP contribution in [-0.2, 0) is 6.54 Å². The summed E-state index contributed by atoms with van der Waals surface area (Å²) in [6.07, 6.45) is 0. The SMILES string of the molecule is CN(C)Cc1nc2cc(-c3ccccc3C#N)ccc2[nH]1. The lowest BCUT2D eigenvalue weighted by Gasteiger charge is -2.04. The van der Waals surface area contributed by atoms with Crippen molar-refractivity contribution in [2.75, 3.05) is 14.1 Å². The number of imidazole rings is 1. The highest BCUT2D eigenvalue weighted by Gasteiger charge is 2.08. The minimum Gasteiger partial charge on any atom is -0.341 e. The van der Waals surface area contributed by atoms with Crippen LogP contribution in [-0.4, -0.2) is 29.0 Å². The molecule has 0 saturated carbocycles. The Labute approximate surface area is 123 Å². The predicted octanol–water partition coefficient (Wildman–Crippen LogP) is 3.16. The summed E-state index contributed by atoms with van der Waals surface area (Å²) in [6.45, 7) is 0.777. The minimum absolute atomic E-state index is 0.681. The van der Waals surface area contributed by atoms with Gasteiger partial charge in [-0.3, -0.25) is 0 Å². The number of aromatic nitrogens is 2. The number of benzene rings is 2. The van der Waals surface area contributed by atoms with E-state index >= 15 is 0 Å². The van der Waals surface area contributed by atoms with Crippen LogP contribution in [0, 0.1) is 11.3 Å². The first-order valence-electron chi connectivity index (χ1n) is 6.80. The summed E-state index contributed by atoms with van der Waals surface area (Å²) in [7, 11) is 4.03. The maximum atomic E-state index is 9.22. The first kappa shape index (κ1) is 13.3. The molecule has 0 aliphatic rings. The molecule has 0 aliphatic carbocycles. The van der Waals surface area contributed by atoms with Crippen molar-refractivity contribution in [2.45, 2.75) is 6.54 Å². The van der Waals surface area contributed by atoms with Crippen LogP contribution in [0.4, 0.5) is 0 Å². The van der Waals surface area contributed by atoms with Gasteiger partial charge in [0.15, 0.2) is 0 Å². The second-order valence-corrected chi connectivity index (χ2v) is 5.31. The Morgan fingerprint density at radius 1 is 1.19 bits per heavy atom. The predicted molar refractivity (Wildman–Crippen MR) is 83.6 cm³/mol. The Morgan fingerprint density at radius 3 is 2.76 bits per heavy atom. The van der Waals surface area contributed by atoms with Gasteiger partial charge in [-0.25, -0.2) is 4.98 Å². The van der Waals surface area contributed by atoms with Crippen LogP contribution in [0.2, 0.25) is 0 Å². The zero-order valence-corrected chi connectivity index (χ0v) is 12.1. The van der Waals surface area contributed by atoms with Gasteiger partial charge in [-0.2, -0.15) is 5.26 Å². The van der Waals surface area contributed by atoms with Gasteiger partial charge in [0.25, 0.3) is 0 Å². The fraction of sp³-hybridized carbons (Fsp3) is 0.176. The number of hydrogen-bond acceptors (Lipinski definition) is 3. The summed E-state index contributed by atoms with van der Waals surface area (Å²) in [5.74, 6) is 0.945. The molecule has 0 amide bonds. The van der Waals surface area contributed by atoms with Crippen LogP contribution in [0.5, 0.6) is 0 Å². The van der Waals surface area contributed by atoms with E-state index < -0.39 is 0 Å². The highest BCUT2D eigenvalue weighted by atomic mass is 15.1. The third kappa shape index (κ3) is 2.64. The van der Waals surface area contributed by atoms with E-state index in [1.165, 1.54) is 0 Å². The summed E-state index contributed by atoms with van der Waals surface area (Å²) >= 11 is 0. The Bertz CT molecular complexity index is 824. The van der Waals surface area contributed by atoms with Crippen LogP contribution in [0.25, 0.3) is 22.2 Å². The molecule has 1 N–H and O–H groups in total. The van der Waals surface area contributed by atoms with Crippen molar-refractivity contribution in [2.24, 2.45) is 0 Å². The average Bonchev–Trinajstić information content (AvgIpc) is 2.87. The van der Waals surface area contributed by atoms with E-state index in [0.29, 0.717) is 5.56 Å². The Morgan fingerprint density at radius 2 is 2.00 bits per heavy atom. The Hall–Kier alpha value is -2.64. The van der Waals surface area contributed by atoms with Crippen LogP contribution in [0.3, 0.4) is 0 Å². The van der Waals surface area contributed by atoms with Crippen LogP contribution in [0.15, 0.2) is 42.5 Å². The highest BCUT2D eigenvalue weighted by Crippen LogP contribution is 2.26. The molecule has 21 heavy (non-hydrogen) atoms. The number of hydrogen-bond donors (Lipinski definition) is 1. The molecule has 0 spiro atoms. The maximum Gasteiger partial charge on any atom is 0.121 e. The van der Waals surface area contributed by atoms with E-state index in [0.717, 1.165) is 34.5 Å². The molecule has 0 fully saturated rings. The summed E-state index contributed by atoms with van der Waals surface area (Å²) in [5.41, 5.74) is 4.59. The molecule has 3 aromatic rings. The zero-order valence-electron chi connectivity index (χ0n) is 12.1. The smallest absolute Gasteiger partial charge is 0.121 e. The van der Waals surface area contributed by atoms with E-state index in [2.05, 4.69) is 20.9 Å². The first-order valence-corrected chi connectivity index (χ1v) is 6.80. The van der Waals surface area contributed by atoms with Gasteiger partial charge in [0.1, 0.15) is 5.82 Å². The van der Waals surface area contributed by atoms with Crippen molar-refractivity contribution in [3.8, 4) is 17.2 Å². The zero-order chi connectivity index (χ0) is 14.8. The van der Waals surface area contributed by atoms with Crippen LogP contribution >= 0.6 is 0 Å². The first-order chi connectivity index (χ1) is 10.2. The molecule has 0 saturated heterocycles. The molecule has 1 heterocycles. The molecule has 4 nitrogen and oxygen atoms in total. The molecular formula is C17H16N4. The van der Waals surface area contributed by atoms with Gasteiger partial charge < -0.3 is 9.88 Å². The molecule has 0 bridgehead atoms. The largest absolute Gasteiger partial charge is 0.341 e. The van der Waals surface area contributed by atoms with Crippen molar-refractivity contribution < 1.29 is 0 Å². The van der Waals surface area contributed by atoms with Crippen molar-refractivity contribution in [1.82, 2.24) is 14.9 Å². The highest BCUT2D eigenvalue weighted by molar-refractivity contribution is 5.83. The molecule has 104 valence electrons. The van der Waals surface area contributed by atoms with Gasteiger partial charge in [0, 0.05) is 0 Å². The summed E-state index contributed by atoms with van der Waals surface area (Å²) in [6, 6.07) is 15.9. The van der Waals surface area contributed by atoms with E-state index in [-0.39, 0.29) is 0 Å². The molecular weight excluding hydrogens is 260 g/mol. The molecule has 0 unspecified atom stereocenters. The number of aromatic amines is 1. The lowest BCUT2D eigenvalue weighted by Crippen LogP contribution is -2.11. The average molecular weight is 276 g/mol. The fourth-order valence-electron chi connectivity index (χ4n) is 2.43.